The van der Waals surface area contributed by atoms with Gasteiger partial charge in [-0.05, 0) is 61.4 Å². The molecular weight excluding hydrogens is 270 g/mol. The van der Waals surface area contributed by atoms with Gasteiger partial charge in [0.1, 0.15) is 11.5 Å². The molecule has 0 unspecified atom stereocenters. The van der Waals surface area contributed by atoms with Crippen LogP contribution in [-0.4, -0.2) is 24.6 Å². The Hall–Kier alpha value is -2.69. The first-order valence-corrected chi connectivity index (χ1v) is 6.36. The monoisotopic (exact) mass is 285 g/mol. The summed E-state index contributed by atoms with van der Waals surface area (Å²) in [5.41, 5.74) is 1.93. The molecule has 0 fully saturated rings. The fraction of sp³-hybridized carbons (Fsp3) is 0.188. The van der Waals surface area contributed by atoms with Crippen LogP contribution in [0.2, 0.25) is 0 Å². The van der Waals surface area contributed by atoms with Crippen LogP contribution in [0.1, 0.15) is 24.2 Å². The number of Topliss-reactive ketones (excluding diaryl/α,β-unsaturated/α-hetero) is 1. The summed E-state index contributed by atoms with van der Waals surface area (Å²) in [6.45, 7) is 3.39. The standard InChI is InChI=1S/C16H15NO4/c1-10-8-13(9-11(2)15(10)18)17-21-16(19)12-4-6-14(20-3)7-5-12/h4-9H,1-3H3. The first-order chi connectivity index (χ1) is 10.0. The van der Waals surface area contributed by atoms with Crippen LogP contribution in [0, 0.1) is 0 Å². The van der Waals surface area contributed by atoms with Crippen LogP contribution in [-0.2, 0) is 9.63 Å². The van der Waals surface area contributed by atoms with Gasteiger partial charge in [-0.15, -0.1) is 0 Å². The lowest BCUT2D eigenvalue weighted by molar-refractivity contribution is -0.112. The van der Waals surface area contributed by atoms with Gasteiger partial charge in [-0.1, -0.05) is 5.16 Å². The lowest BCUT2D eigenvalue weighted by atomic mass is 9.98. The molecule has 0 aliphatic heterocycles. The minimum absolute atomic E-state index is 0.0320. The Kier molecular flexibility index (Phi) is 4.33. The highest BCUT2D eigenvalue weighted by atomic mass is 16.7. The van der Waals surface area contributed by atoms with Crippen LogP contribution in [0.4, 0.5) is 0 Å². The van der Waals surface area contributed by atoms with Gasteiger partial charge < -0.3 is 9.57 Å². The Morgan fingerprint density at radius 3 is 2.14 bits per heavy atom. The summed E-state index contributed by atoms with van der Waals surface area (Å²) < 4.78 is 5.01. The molecule has 0 spiro atoms. The van der Waals surface area contributed by atoms with Crippen LogP contribution in [0.15, 0.2) is 52.7 Å². The number of nitrogens with zero attached hydrogens (tertiary/aromatic N) is 1. The quantitative estimate of drug-likeness (QED) is 0.486. The molecule has 1 aliphatic rings. The van der Waals surface area contributed by atoms with Crippen molar-refractivity contribution in [3.63, 3.8) is 0 Å². The average Bonchev–Trinajstić information content (AvgIpc) is 2.50. The van der Waals surface area contributed by atoms with E-state index >= 15 is 0 Å². The Morgan fingerprint density at radius 1 is 1.05 bits per heavy atom. The SMILES string of the molecule is COc1ccc(C(=O)ON=C2C=C(C)C(=O)C(C)=C2)cc1. The van der Waals surface area contributed by atoms with E-state index in [1.807, 2.05) is 0 Å². The summed E-state index contributed by atoms with van der Waals surface area (Å²) in [6.07, 6.45) is 3.16. The molecular formula is C16H15NO4. The van der Waals surface area contributed by atoms with Crippen LogP contribution in [0.25, 0.3) is 0 Å². The van der Waals surface area contributed by atoms with E-state index in [0.717, 1.165) is 0 Å². The van der Waals surface area contributed by atoms with Crippen molar-refractivity contribution in [2.75, 3.05) is 7.11 Å². The topological polar surface area (TPSA) is 65.0 Å². The van der Waals surface area contributed by atoms with E-state index in [4.69, 9.17) is 9.57 Å². The zero-order valence-electron chi connectivity index (χ0n) is 12.0. The third kappa shape index (κ3) is 3.45. The summed E-state index contributed by atoms with van der Waals surface area (Å²) in [7, 11) is 1.55. The second-order valence-electron chi connectivity index (χ2n) is 4.61. The van der Waals surface area contributed by atoms with Gasteiger partial charge in [0.2, 0.25) is 0 Å². The fourth-order valence-corrected chi connectivity index (χ4v) is 1.85. The minimum atomic E-state index is -0.570. The van der Waals surface area contributed by atoms with Gasteiger partial charge in [-0.25, -0.2) is 4.79 Å². The maximum Gasteiger partial charge on any atom is 0.365 e. The van der Waals surface area contributed by atoms with Crippen molar-refractivity contribution in [3.05, 3.63) is 53.1 Å². The highest BCUT2D eigenvalue weighted by molar-refractivity contribution is 6.21. The summed E-state index contributed by atoms with van der Waals surface area (Å²) in [5, 5.41) is 3.77. The van der Waals surface area contributed by atoms with Crippen molar-refractivity contribution in [3.8, 4) is 5.75 Å². The van der Waals surface area contributed by atoms with Crippen molar-refractivity contribution in [2.45, 2.75) is 13.8 Å². The van der Waals surface area contributed by atoms with E-state index in [2.05, 4.69) is 5.16 Å². The van der Waals surface area contributed by atoms with Crippen molar-refractivity contribution < 1.29 is 19.2 Å². The molecule has 0 heterocycles. The van der Waals surface area contributed by atoms with Crippen molar-refractivity contribution in [1.82, 2.24) is 0 Å². The van der Waals surface area contributed by atoms with Crippen LogP contribution < -0.4 is 4.74 Å². The van der Waals surface area contributed by atoms with Crippen molar-refractivity contribution >= 4 is 17.5 Å². The molecule has 108 valence electrons. The molecule has 1 aromatic carbocycles. The normalized spacial score (nSPS) is 14.2. The Labute approximate surface area is 122 Å². The molecule has 0 saturated carbocycles. The van der Waals surface area contributed by atoms with Crippen molar-refractivity contribution in [1.29, 1.82) is 0 Å². The highest BCUT2D eigenvalue weighted by Crippen LogP contribution is 2.14. The van der Waals surface area contributed by atoms with Gasteiger partial charge in [0.05, 0.1) is 12.7 Å². The zero-order chi connectivity index (χ0) is 15.4. The predicted molar refractivity (Wildman–Crippen MR) is 78.4 cm³/mol. The number of ether oxygens (including phenoxy) is 1. The van der Waals surface area contributed by atoms with Gasteiger partial charge >= 0.3 is 5.97 Å². The van der Waals surface area contributed by atoms with Gasteiger partial charge in [-0.3, -0.25) is 4.79 Å². The number of oxime groups is 1. The molecule has 21 heavy (non-hydrogen) atoms. The average molecular weight is 285 g/mol. The summed E-state index contributed by atoms with van der Waals surface area (Å²) in [4.78, 5) is 28.3. The maximum atomic E-state index is 11.8. The molecule has 5 nitrogen and oxygen atoms in total. The lowest BCUT2D eigenvalue weighted by Gasteiger charge is -2.08. The van der Waals surface area contributed by atoms with Crippen LogP contribution >= 0.6 is 0 Å². The second kappa shape index (κ2) is 6.17. The first kappa shape index (κ1) is 14.7. The number of carbonyl (C=O) groups is 2. The number of methoxy groups -OCH3 is 1. The molecule has 0 radical (unpaired) electrons. The Balaban J connectivity index is 2.10. The molecule has 1 aliphatic carbocycles. The first-order valence-electron chi connectivity index (χ1n) is 6.36. The molecule has 1 aromatic rings. The smallest absolute Gasteiger partial charge is 0.365 e. The molecule has 5 heteroatoms. The molecule has 0 N–H and O–H groups in total. The third-order valence-corrected chi connectivity index (χ3v) is 3.00. The van der Waals surface area contributed by atoms with E-state index < -0.39 is 5.97 Å². The zero-order valence-corrected chi connectivity index (χ0v) is 12.0. The fourth-order valence-electron chi connectivity index (χ4n) is 1.85. The van der Waals surface area contributed by atoms with Gasteiger partial charge in [0, 0.05) is 0 Å². The third-order valence-electron chi connectivity index (χ3n) is 3.00. The minimum Gasteiger partial charge on any atom is -0.497 e. The summed E-state index contributed by atoms with van der Waals surface area (Å²) in [5.74, 6) is 0.0513. The molecule has 0 saturated heterocycles. The van der Waals surface area contributed by atoms with E-state index in [9.17, 15) is 9.59 Å². The van der Waals surface area contributed by atoms with Crippen LogP contribution in [0.3, 0.4) is 0 Å². The maximum absolute atomic E-state index is 11.8. The predicted octanol–water partition coefficient (Wildman–Crippen LogP) is 2.68. The number of carbonyl (C=O) groups excluding carboxylic acids is 2. The number of hydrogen-bond donors (Lipinski definition) is 0. The second-order valence-corrected chi connectivity index (χ2v) is 4.61. The highest BCUT2D eigenvalue weighted by Gasteiger charge is 2.14. The summed E-state index contributed by atoms with van der Waals surface area (Å²) >= 11 is 0. The van der Waals surface area contributed by atoms with E-state index in [-0.39, 0.29) is 5.78 Å². The number of hydrogen-bond acceptors (Lipinski definition) is 5. The number of ketones is 1. The van der Waals surface area contributed by atoms with Crippen LogP contribution in [0.5, 0.6) is 5.75 Å². The van der Waals surface area contributed by atoms with E-state index in [1.165, 1.54) is 0 Å². The molecule has 2 rings (SSSR count). The summed E-state index contributed by atoms with van der Waals surface area (Å²) in [6, 6.07) is 6.51. The number of benzene rings is 1. The van der Waals surface area contributed by atoms with Gasteiger partial charge in [-0.2, -0.15) is 0 Å². The van der Waals surface area contributed by atoms with Gasteiger partial charge in [0.15, 0.2) is 5.78 Å². The number of rotatable bonds is 3. The van der Waals surface area contributed by atoms with E-state index in [1.54, 1.807) is 57.4 Å². The molecule has 0 bridgehead atoms. The molecule has 0 amide bonds. The van der Waals surface area contributed by atoms with E-state index in [0.29, 0.717) is 28.2 Å². The molecule has 0 aromatic heterocycles. The molecule has 0 atom stereocenters. The van der Waals surface area contributed by atoms with Crippen molar-refractivity contribution in [2.24, 2.45) is 5.16 Å². The largest absolute Gasteiger partial charge is 0.497 e. The van der Waals surface area contributed by atoms with Gasteiger partial charge in [0.25, 0.3) is 0 Å². The number of allylic oxidation sites excluding steroid dienone is 4. The Morgan fingerprint density at radius 2 is 1.62 bits per heavy atom. The lowest BCUT2D eigenvalue weighted by Crippen LogP contribution is -2.11. The Bertz CT molecular complexity index is 642.